The Bertz CT molecular complexity index is 592. The molecule has 5 heteroatoms. The number of hydrogen-bond donors (Lipinski definition) is 1. The fourth-order valence-corrected chi connectivity index (χ4v) is 3.07. The highest BCUT2D eigenvalue weighted by atomic mass is 35.5. The second-order valence-corrected chi connectivity index (χ2v) is 5.78. The number of halogens is 1. The van der Waals surface area contributed by atoms with Crippen molar-refractivity contribution in [2.24, 2.45) is 0 Å². The number of likely N-dealkylation sites (tertiary alicyclic amines) is 1. The molecule has 1 saturated heterocycles. The number of imidazole rings is 1. The van der Waals surface area contributed by atoms with Gasteiger partial charge in [-0.1, -0.05) is 18.0 Å². The zero-order valence-electron chi connectivity index (χ0n) is 11.1. The summed E-state index contributed by atoms with van der Waals surface area (Å²) in [6.45, 7) is 2.07. The summed E-state index contributed by atoms with van der Waals surface area (Å²) in [6.07, 6.45) is 3.82. The van der Waals surface area contributed by atoms with E-state index in [0.29, 0.717) is 17.0 Å². The molecular weight excluding hydrogens is 260 g/mol. The van der Waals surface area contributed by atoms with E-state index in [0.717, 1.165) is 17.6 Å². The largest absolute Gasteiger partial charge is 0.369 e. The maximum absolute atomic E-state index is 6.06. The third kappa shape index (κ3) is 2.42. The number of benzene rings is 1. The van der Waals surface area contributed by atoms with Gasteiger partial charge < -0.3 is 15.2 Å². The highest BCUT2D eigenvalue weighted by molar-refractivity contribution is 6.31. The van der Waals surface area contributed by atoms with Gasteiger partial charge in [0.1, 0.15) is 0 Å². The average Bonchev–Trinajstić information content (AvgIpc) is 2.68. The second-order valence-electron chi connectivity index (χ2n) is 5.34. The summed E-state index contributed by atoms with van der Waals surface area (Å²) in [7, 11) is 2.19. The van der Waals surface area contributed by atoms with E-state index in [1.165, 1.54) is 25.8 Å². The van der Waals surface area contributed by atoms with Gasteiger partial charge >= 0.3 is 0 Å². The van der Waals surface area contributed by atoms with Crippen molar-refractivity contribution in [1.29, 1.82) is 0 Å². The topological polar surface area (TPSA) is 47.1 Å². The van der Waals surface area contributed by atoms with E-state index in [9.17, 15) is 0 Å². The maximum Gasteiger partial charge on any atom is 0.201 e. The first-order chi connectivity index (χ1) is 9.15. The minimum Gasteiger partial charge on any atom is -0.369 e. The third-order valence-corrected chi connectivity index (χ3v) is 4.29. The molecule has 0 spiro atoms. The van der Waals surface area contributed by atoms with Crippen LogP contribution in [-0.4, -0.2) is 34.1 Å². The molecule has 1 aliphatic heterocycles. The average molecular weight is 279 g/mol. The molecule has 4 nitrogen and oxygen atoms in total. The lowest BCUT2D eigenvalue weighted by Crippen LogP contribution is -2.39. The summed E-state index contributed by atoms with van der Waals surface area (Å²) >= 11 is 6.00. The van der Waals surface area contributed by atoms with Crippen LogP contribution in [0, 0.1) is 0 Å². The predicted octanol–water partition coefficient (Wildman–Crippen LogP) is 2.76. The van der Waals surface area contributed by atoms with Crippen molar-refractivity contribution in [2.45, 2.75) is 31.8 Å². The first-order valence-corrected chi connectivity index (χ1v) is 7.14. The van der Waals surface area contributed by atoms with Gasteiger partial charge in [0.2, 0.25) is 5.95 Å². The van der Waals surface area contributed by atoms with Crippen molar-refractivity contribution in [3.8, 4) is 0 Å². The van der Waals surface area contributed by atoms with Gasteiger partial charge in [-0.3, -0.25) is 0 Å². The number of likely N-dealkylation sites (N-methyl/N-ethyl adjacent to an activating group) is 1. The molecule has 0 amide bonds. The smallest absolute Gasteiger partial charge is 0.201 e. The van der Waals surface area contributed by atoms with Crippen LogP contribution in [-0.2, 0) is 6.54 Å². The minimum absolute atomic E-state index is 0.545. The molecule has 1 unspecified atom stereocenters. The van der Waals surface area contributed by atoms with E-state index >= 15 is 0 Å². The third-order valence-electron chi connectivity index (χ3n) is 4.05. The molecule has 1 aliphatic rings. The van der Waals surface area contributed by atoms with Crippen LogP contribution in [0.5, 0.6) is 0 Å². The summed E-state index contributed by atoms with van der Waals surface area (Å²) in [4.78, 5) is 6.82. The molecule has 0 radical (unpaired) electrons. The van der Waals surface area contributed by atoms with Crippen LogP contribution in [0.4, 0.5) is 5.95 Å². The van der Waals surface area contributed by atoms with Gasteiger partial charge in [-0.25, -0.2) is 4.98 Å². The number of nitrogens with zero attached hydrogens (tertiary/aromatic N) is 3. The minimum atomic E-state index is 0.545. The Hall–Kier alpha value is -1.26. The maximum atomic E-state index is 6.06. The number of nitrogens with two attached hydrogens (primary N) is 1. The summed E-state index contributed by atoms with van der Waals surface area (Å²) in [5.41, 5.74) is 8.00. The summed E-state index contributed by atoms with van der Waals surface area (Å²) in [5.74, 6) is 0.580. The first-order valence-electron chi connectivity index (χ1n) is 6.76. The number of anilines is 1. The summed E-state index contributed by atoms with van der Waals surface area (Å²) in [5, 5.41) is 0.701. The molecule has 1 atom stereocenters. The molecule has 0 saturated carbocycles. The van der Waals surface area contributed by atoms with Gasteiger partial charge in [0, 0.05) is 17.6 Å². The van der Waals surface area contributed by atoms with Gasteiger partial charge in [0.15, 0.2) is 0 Å². The normalized spacial score (nSPS) is 21.1. The van der Waals surface area contributed by atoms with Crippen LogP contribution in [0.2, 0.25) is 5.02 Å². The first kappa shape index (κ1) is 12.8. The fourth-order valence-electron chi connectivity index (χ4n) is 2.90. The molecule has 2 N–H and O–H groups in total. The van der Waals surface area contributed by atoms with Gasteiger partial charge in [0.25, 0.3) is 0 Å². The Balaban J connectivity index is 1.93. The fraction of sp³-hybridized carbons (Fsp3) is 0.500. The lowest BCUT2D eigenvalue weighted by Gasteiger charge is -2.32. The lowest BCUT2D eigenvalue weighted by atomic mass is 10.0. The van der Waals surface area contributed by atoms with Crippen molar-refractivity contribution >= 4 is 28.6 Å². The molecular formula is C14H19ClN4. The molecule has 3 rings (SSSR count). The highest BCUT2D eigenvalue weighted by Gasteiger charge is 2.21. The number of hydrogen-bond acceptors (Lipinski definition) is 3. The molecule has 102 valence electrons. The number of fused-ring (bicyclic) bond motifs is 1. The Morgan fingerprint density at radius 1 is 1.42 bits per heavy atom. The number of piperidine rings is 1. The van der Waals surface area contributed by atoms with Crippen LogP contribution in [0.25, 0.3) is 11.0 Å². The zero-order chi connectivity index (χ0) is 13.4. The standard InChI is InChI=1S/C14H19ClN4/c1-18-7-3-2-4-11(18)9-19-13-6-5-10(15)8-12(13)17-14(19)16/h5-6,8,11H,2-4,7,9H2,1H3,(H2,16,17). The van der Waals surface area contributed by atoms with E-state index in [1.807, 2.05) is 18.2 Å². The van der Waals surface area contributed by atoms with Crippen LogP contribution in [0.15, 0.2) is 18.2 Å². The monoisotopic (exact) mass is 278 g/mol. The Morgan fingerprint density at radius 2 is 2.26 bits per heavy atom. The van der Waals surface area contributed by atoms with Crippen molar-refractivity contribution in [2.75, 3.05) is 19.3 Å². The van der Waals surface area contributed by atoms with Crippen molar-refractivity contribution in [3.63, 3.8) is 0 Å². The molecule has 2 aromatic rings. The van der Waals surface area contributed by atoms with E-state index < -0.39 is 0 Å². The van der Waals surface area contributed by atoms with Gasteiger partial charge in [-0.2, -0.15) is 0 Å². The molecule has 0 aliphatic carbocycles. The number of nitrogen functional groups attached to an aromatic ring is 1. The molecule has 0 bridgehead atoms. The molecule has 1 fully saturated rings. The van der Waals surface area contributed by atoms with E-state index in [1.54, 1.807) is 0 Å². The van der Waals surface area contributed by atoms with E-state index in [-0.39, 0.29) is 0 Å². The van der Waals surface area contributed by atoms with Gasteiger partial charge in [-0.15, -0.1) is 0 Å². The molecule has 2 heterocycles. The number of aromatic nitrogens is 2. The Kier molecular flexibility index (Phi) is 3.37. The summed E-state index contributed by atoms with van der Waals surface area (Å²) < 4.78 is 2.11. The van der Waals surface area contributed by atoms with Gasteiger partial charge in [0.05, 0.1) is 11.0 Å². The zero-order valence-corrected chi connectivity index (χ0v) is 11.9. The van der Waals surface area contributed by atoms with Crippen molar-refractivity contribution in [3.05, 3.63) is 23.2 Å². The molecule has 1 aromatic carbocycles. The SMILES string of the molecule is CN1CCCCC1Cn1c(N)nc2cc(Cl)ccc21. The Labute approximate surface area is 118 Å². The second kappa shape index (κ2) is 5.02. The van der Waals surface area contributed by atoms with Gasteiger partial charge in [-0.05, 0) is 44.6 Å². The van der Waals surface area contributed by atoms with E-state index in [2.05, 4.69) is 21.5 Å². The Morgan fingerprint density at radius 3 is 3.05 bits per heavy atom. The van der Waals surface area contributed by atoms with Crippen LogP contribution >= 0.6 is 11.6 Å². The van der Waals surface area contributed by atoms with Crippen molar-refractivity contribution in [1.82, 2.24) is 14.5 Å². The number of rotatable bonds is 2. The highest BCUT2D eigenvalue weighted by Crippen LogP contribution is 2.24. The quantitative estimate of drug-likeness (QED) is 0.919. The van der Waals surface area contributed by atoms with Crippen molar-refractivity contribution < 1.29 is 0 Å². The predicted molar refractivity (Wildman–Crippen MR) is 79.4 cm³/mol. The molecule has 1 aromatic heterocycles. The van der Waals surface area contributed by atoms with Crippen LogP contribution < -0.4 is 5.73 Å². The lowest BCUT2D eigenvalue weighted by molar-refractivity contribution is 0.169. The molecule has 19 heavy (non-hydrogen) atoms. The van der Waals surface area contributed by atoms with Crippen LogP contribution in [0.3, 0.4) is 0 Å². The summed E-state index contributed by atoms with van der Waals surface area (Å²) in [6, 6.07) is 6.31. The van der Waals surface area contributed by atoms with E-state index in [4.69, 9.17) is 17.3 Å². The van der Waals surface area contributed by atoms with Crippen LogP contribution in [0.1, 0.15) is 19.3 Å².